The van der Waals surface area contributed by atoms with Gasteiger partial charge in [0.15, 0.2) is 0 Å². The first kappa shape index (κ1) is 17.5. The van der Waals surface area contributed by atoms with Crippen LogP contribution >= 0.6 is 0 Å². The Morgan fingerprint density at radius 2 is 1.71 bits per heavy atom. The SMILES string of the molecule is CCCC(CCC)Nc1cccc(C(=O)N(CC)CC)c1. The molecule has 0 saturated heterocycles. The minimum absolute atomic E-state index is 0.117. The van der Waals surface area contributed by atoms with E-state index in [4.69, 9.17) is 0 Å². The molecule has 0 heterocycles. The highest BCUT2D eigenvalue weighted by atomic mass is 16.2. The van der Waals surface area contributed by atoms with Crippen molar-refractivity contribution in [3.63, 3.8) is 0 Å². The van der Waals surface area contributed by atoms with E-state index in [1.165, 1.54) is 25.7 Å². The van der Waals surface area contributed by atoms with Gasteiger partial charge in [0.05, 0.1) is 0 Å². The number of anilines is 1. The number of nitrogens with zero attached hydrogens (tertiary/aromatic N) is 1. The summed E-state index contributed by atoms with van der Waals surface area (Å²) in [6.07, 6.45) is 4.69. The summed E-state index contributed by atoms with van der Waals surface area (Å²) >= 11 is 0. The third-order valence-electron chi connectivity index (χ3n) is 3.81. The lowest BCUT2D eigenvalue weighted by molar-refractivity contribution is 0.0773. The molecule has 0 radical (unpaired) electrons. The molecule has 0 aliphatic rings. The number of carbonyl (C=O) groups is 1. The smallest absolute Gasteiger partial charge is 0.253 e. The maximum atomic E-state index is 12.4. The van der Waals surface area contributed by atoms with Gasteiger partial charge < -0.3 is 10.2 Å². The molecule has 0 atom stereocenters. The lowest BCUT2D eigenvalue weighted by Gasteiger charge is -2.21. The summed E-state index contributed by atoms with van der Waals surface area (Å²) in [6, 6.07) is 8.41. The van der Waals surface area contributed by atoms with Crippen LogP contribution in [0.2, 0.25) is 0 Å². The summed E-state index contributed by atoms with van der Waals surface area (Å²) in [5, 5.41) is 3.58. The molecule has 0 saturated carbocycles. The van der Waals surface area contributed by atoms with Gasteiger partial charge in [-0.15, -0.1) is 0 Å². The molecule has 0 aliphatic heterocycles. The van der Waals surface area contributed by atoms with Crippen LogP contribution in [0.1, 0.15) is 63.7 Å². The Kier molecular flexibility index (Phi) is 7.88. The molecule has 1 aromatic carbocycles. The summed E-state index contributed by atoms with van der Waals surface area (Å²) in [4.78, 5) is 14.3. The van der Waals surface area contributed by atoms with E-state index in [0.717, 1.165) is 24.3 Å². The number of carbonyl (C=O) groups excluding carboxylic acids is 1. The van der Waals surface area contributed by atoms with E-state index in [-0.39, 0.29) is 5.91 Å². The van der Waals surface area contributed by atoms with Gasteiger partial charge in [0.1, 0.15) is 0 Å². The van der Waals surface area contributed by atoms with Crippen LogP contribution in [0.4, 0.5) is 5.69 Å². The van der Waals surface area contributed by atoms with Crippen molar-refractivity contribution >= 4 is 11.6 Å². The summed E-state index contributed by atoms with van der Waals surface area (Å²) < 4.78 is 0. The first-order valence-electron chi connectivity index (χ1n) is 8.32. The molecule has 118 valence electrons. The molecule has 0 aliphatic carbocycles. The van der Waals surface area contributed by atoms with E-state index in [2.05, 4.69) is 25.2 Å². The van der Waals surface area contributed by atoms with Gasteiger partial charge in [-0.3, -0.25) is 4.79 Å². The molecule has 0 spiro atoms. The van der Waals surface area contributed by atoms with Gasteiger partial charge in [-0.1, -0.05) is 32.8 Å². The molecular formula is C18H30N2O. The number of hydrogen-bond donors (Lipinski definition) is 1. The van der Waals surface area contributed by atoms with Crippen LogP contribution in [0.15, 0.2) is 24.3 Å². The maximum absolute atomic E-state index is 12.4. The molecule has 0 aromatic heterocycles. The second-order valence-electron chi connectivity index (χ2n) is 5.48. The highest BCUT2D eigenvalue weighted by Gasteiger charge is 2.13. The Morgan fingerprint density at radius 3 is 2.24 bits per heavy atom. The van der Waals surface area contributed by atoms with Crippen LogP contribution in [0.3, 0.4) is 0 Å². The monoisotopic (exact) mass is 290 g/mol. The van der Waals surface area contributed by atoms with Gasteiger partial charge in [0, 0.05) is 30.4 Å². The largest absolute Gasteiger partial charge is 0.382 e. The first-order chi connectivity index (χ1) is 10.2. The zero-order chi connectivity index (χ0) is 15.7. The highest BCUT2D eigenvalue weighted by Crippen LogP contribution is 2.17. The van der Waals surface area contributed by atoms with Crippen LogP contribution in [0, 0.1) is 0 Å². The number of hydrogen-bond acceptors (Lipinski definition) is 2. The minimum atomic E-state index is 0.117. The summed E-state index contributed by atoms with van der Waals surface area (Å²) in [6.45, 7) is 9.96. The molecule has 1 amide bonds. The molecule has 1 N–H and O–H groups in total. The topological polar surface area (TPSA) is 32.3 Å². The number of benzene rings is 1. The predicted molar refractivity (Wildman–Crippen MR) is 90.9 cm³/mol. The normalized spacial score (nSPS) is 10.7. The third-order valence-corrected chi connectivity index (χ3v) is 3.81. The van der Waals surface area contributed by atoms with Gasteiger partial charge >= 0.3 is 0 Å². The highest BCUT2D eigenvalue weighted by molar-refractivity contribution is 5.95. The van der Waals surface area contributed by atoms with Crippen molar-refractivity contribution in [1.29, 1.82) is 0 Å². The van der Waals surface area contributed by atoms with Crippen LogP contribution in [-0.4, -0.2) is 29.9 Å². The third kappa shape index (κ3) is 5.41. The Bertz CT molecular complexity index is 421. The van der Waals surface area contributed by atoms with E-state index in [1.807, 2.05) is 36.9 Å². The molecule has 0 unspecified atom stereocenters. The first-order valence-corrected chi connectivity index (χ1v) is 8.32. The lowest BCUT2D eigenvalue weighted by atomic mass is 10.1. The minimum Gasteiger partial charge on any atom is -0.382 e. The fraction of sp³-hybridized carbons (Fsp3) is 0.611. The second-order valence-corrected chi connectivity index (χ2v) is 5.48. The summed E-state index contributed by atoms with van der Waals surface area (Å²) in [7, 11) is 0. The van der Waals surface area contributed by atoms with Crippen molar-refractivity contribution in [2.45, 2.75) is 59.4 Å². The van der Waals surface area contributed by atoms with Gasteiger partial charge in [-0.2, -0.15) is 0 Å². The Morgan fingerprint density at radius 1 is 1.10 bits per heavy atom. The number of amides is 1. The molecule has 3 nitrogen and oxygen atoms in total. The summed E-state index contributed by atoms with van der Waals surface area (Å²) in [5.74, 6) is 0.117. The van der Waals surface area contributed by atoms with Crippen LogP contribution in [0.5, 0.6) is 0 Å². The van der Waals surface area contributed by atoms with Gasteiger partial charge in [0.25, 0.3) is 5.91 Å². The zero-order valence-electron chi connectivity index (χ0n) is 14.0. The van der Waals surface area contributed by atoms with E-state index in [0.29, 0.717) is 6.04 Å². The van der Waals surface area contributed by atoms with Crippen LogP contribution in [0.25, 0.3) is 0 Å². The standard InChI is InChI=1S/C18H30N2O/c1-5-10-16(11-6-2)19-17-13-9-12-15(14-17)18(21)20(7-3)8-4/h9,12-14,16,19H,5-8,10-11H2,1-4H3. The van der Waals surface area contributed by atoms with E-state index >= 15 is 0 Å². The van der Waals surface area contributed by atoms with E-state index in [9.17, 15) is 4.79 Å². The molecule has 1 rings (SSSR count). The molecule has 21 heavy (non-hydrogen) atoms. The average molecular weight is 290 g/mol. The zero-order valence-corrected chi connectivity index (χ0v) is 14.0. The van der Waals surface area contributed by atoms with Gasteiger partial charge in [0.2, 0.25) is 0 Å². The molecule has 0 bridgehead atoms. The number of rotatable bonds is 9. The van der Waals surface area contributed by atoms with E-state index in [1.54, 1.807) is 0 Å². The quantitative estimate of drug-likeness (QED) is 0.723. The van der Waals surface area contributed by atoms with Crippen molar-refractivity contribution in [3.05, 3.63) is 29.8 Å². The second kappa shape index (κ2) is 9.43. The van der Waals surface area contributed by atoms with Crippen LogP contribution < -0.4 is 5.32 Å². The molecule has 3 heteroatoms. The van der Waals surface area contributed by atoms with E-state index < -0.39 is 0 Å². The fourth-order valence-electron chi connectivity index (χ4n) is 2.66. The van der Waals surface area contributed by atoms with Gasteiger partial charge in [-0.05, 0) is 44.9 Å². The fourth-order valence-corrected chi connectivity index (χ4v) is 2.66. The van der Waals surface area contributed by atoms with Crippen molar-refractivity contribution < 1.29 is 4.79 Å². The number of nitrogens with one attached hydrogen (secondary N) is 1. The summed E-state index contributed by atoms with van der Waals surface area (Å²) in [5.41, 5.74) is 1.83. The van der Waals surface area contributed by atoms with Crippen molar-refractivity contribution in [2.24, 2.45) is 0 Å². The lowest BCUT2D eigenvalue weighted by Crippen LogP contribution is -2.30. The van der Waals surface area contributed by atoms with Crippen molar-refractivity contribution in [1.82, 2.24) is 4.90 Å². The van der Waals surface area contributed by atoms with Crippen molar-refractivity contribution in [2.75, 3.05) is 18.4 Å². The molecular weight excluding hydrogens is 260 g/mol. The Balaban J connectivity index is 2.81. The Hall–Kier alpha value is -1.51. The molecule has 1 aromatic rings. The molecule has 0 fully saturated rings. The maximum Gasteiger partial charge on any atom is 0.253 e. The predicted octanol–water partition coefficient (Wildman–Crippen LogP) is 4.55. The van der Waals surface area contributed by atoms with Crippen molar-refractivity contribution in [3.8, 4) is 0 Å². The van der Waals surface area contributed by atoms with Crippen LogP contribution in [-0.2, 0) is 0 Å². The Labute approximate surface area is 129 Å². The van der Waals surface area contributed by atoms with Gasteiger partial charge in [-0.25, -0.2) is 0 Å². The average Bonchev–Trinajstić information content (AvgIpc) is 2.49.